The lowest BCUT2D eigenvalue weighted by Crippen LogP contribution is -2.05. The molecule has 1 aromatic heterocycles. The highest BCUT2D eigenvalue weighted by molar-refractivity contribution is 5.89. The number of hydrogen-bond acceptors (Lipinski definition) is 4. The molecule has 0 saturated heterocycles. The fourth-order valence-electron chi connectivity index (χ4n) is 2.41. The molecule has 1 heterocycles. The lowest BCUT2D eigenvalue weighted by molar-refractivity contribution is -0.129. The summed E-state index contributed by atoms with van der Waals surface area (Å²) < 4.78 is 10.7. The summed E-state index contributed by atoms with van der Waals surface area (Å²) in [5.74, 6) is 0.409. The van der Waals surface area contributed by atoms with E-state index in [1.807, 2.05) is 66.7 Å². The molecule has 0 aliphatic heterocycles. The van der Waals surface area contributed by atoms with E-state index in [2.05, 4.69) is 4.98 Å². The standard InChI is InChI=1S/C23H19NO3/c1-26-22-17-20(8-7-19-13-15-24-16-14-19)9-11-21(22)27-23(25)12-10-18-5-3-2-4-6-18/h2-17H,1H3/b8-7+,12-10+. The molecule has 3 aromatic rings. The number of methoxy groups -OCH3 is 1. The Morgan fingerprint density at radius 1 is 0.815 bits per heavy atom. The van der Waals surface area contributed by atoms with Gasteiger partial charge in [-0.15, -0.1) is 0 Å². The van der Waals surface area contributed by atoms with Gasteiger partial charge in [-0.05, 0) is 47.0 Å². The molecule has 3 rings (SSSR count). The summed E-state index contributed by atoms with van der Waals surface area (Å²) in [7, 11) is 1.54. The first-order chi connectivity index (χ1) is 13.2. The van der Waals surface area contributed by atoms with Crippen LogP contribution < -0.4 is 9.47 Å². The van der Waals surface area contributed by atoms with E-state index in [0.717, 1.165) is 16.7 Å². The predicted molar refractivity (Wildman–Crippen MR) is 107 cm³/mol. The highest BCUT2D eigenvalue weighted by atomic mass is 16.6. The number of aromatic nitrogens is 1. The maximum absolute atomic E-state index is 12.1. The van der Waals surface area contributed by atoms with Crippen LogP contribution in [0.15, 0.2) is 79.1 Å². The van der Waals surface area contributed by atoms with Crippen LogP contribution in [0.25, 0.3) is 18.2 Å². The van der Waals surface area contributed by atoms with E-state index in [-0.39, 0.29) is 0 Å². The normalized spacial score (nSPS) is 11.0. The van der Waals surface area contributed by atoms with Crippen molar-refractivity contribution < 1.29 is 14.3 Å². The Hall–Kier alpha value is -3.66. The van der Waals surface area contributed by atoms with Crippen LogP contribution in [0.4, 0.5) is 0 Å². The SMILES string of the molecule is COc1cc(/C=C/c2ccncc2)ccc1OC(=O)/C=C/c1ccccc1. The summed E-state index contributed by atoms with van der Waals surface area (Å²) >= 11 is 0. The minimum absolute atomic E-state index is 0.376. The first kappa shape index (κ1) is 18.1. The van der Waals surface area contributed by atoms with Crippen molar-refractivity contribution in [2.45, 2.75) is 0 Å². The van der Waals surface area contributed by atoms with Gasteiger partial charge in [0.2, 0.25) is 0 Å². The molecule has 0 N–H and O–H groups in total. The summed E-state index contributed by atoms with van der Waals surface area (Å²) in [5.41, 5.74) is 2.91. The van der Waals surface area contributed by atoms with Crippen LogP contribution in [0.1, 0.15) is 16.7 Å². The second kappa shape index (κ2) is 9.15. The molecule has 0 fully saturated rings. The van der Waals surface area contributed by atoms with Crippen molar-refractivity contribution in [1.82, 2.24) is 4.98 Å². The topological polar surface area (TPSA) is 48.4 Å². The van der Waals surface area contributed by atoms with Gasteiger partial charge in [-0.25, -0.2) is 4.79 Å². The summed E-state index contributed by atoms with van der Waals surface area (Å²) in [5, 5.41) is 0. The fraction of sp³-hybridized carbons (Fsp3) is 0.0435. The maximum atomic E-state index is 12.1. The zero-order valence-corrected chi connectivity index (χ0v) is 14.9. The average molecular weight is 357 g/mol. The number of rotatable bonds is 6. The van der Waals surface area contributed by atoms with Gasteiger partial charge in [0.25, 0.3) is 0 Å². The van der Waals surface area contributed by atoms with Gasteiger partial charge in [0.15, 0.2) is 11.5 Å². The minimum Gasteiger partial charge on any atom is -0.493 e. The summed E-state index contributed by atoms with van der Waals surface area (Å²) in [6.07, 6.45) is 10.5. The molecule has 0 aliphatic carbocycles. The number of carbonyl (C=O) groups is 1. The van der Waals surface area contributed by atoms with Crippen LogP contribution in [0, 0.1) is 0 Å². The molecule has 0 radical (unpaired) electrons. The number of carbonyl (C=O) groups excluding carboxylic acids is 1. The first-order valence-electron chi connectivity index (χ1n) is 8.46. The Morgan fingerprint density at radius 3 is 2.26 bits per heavy atom. The van der Waals surface area contributed by atoms with Gasteiger partial charge < -0.3 is 9.47 Å². The zero-order chi connectivity index (χ0) is 18.9. The summed E-state index contributed by atoms with van der Waals surface area (Å²) in [6.45, 7) is 0. The zero-order valence-electron chi connectivity index (χ0n) is 14.9. The van der Waals surface area contributed by atoms with E-state index >= 15 is 0 Å². The van der Waals surface area contributed by atoms with E-state index in [4.69, 9.17) is 9.47 Å². The van der Waals surface area contributed by atoms with Gasteiger partial charge in [0.1, 0.15) is 0 Å². The van der Waals surface area contributed by atoms with Gasteiger partial charge in [-0.3, -0.25) is 4.98 Å². The average Bonchev–Trinajstić information content (AvgIpc) is 2.73. The van der Waals surface area contributed by atoms with E-state index in [1.54, 1.807) is 31.6 Å². The molecule has 2 aromatic carbocycles. The molecule has 0 aliphatic rings. The molecule has 0 spiro atoms. The van der Waals surface area contributed by atoms with Crippen LogP contribution in [-0.2, 0) is 4.79 Å². The third kappa shape index (κ3) is 5.41. The molecular weight excluding hydrogens is 338 g/mol. The lowest BCUT2D eigenvalue weighted by Gasteiger charge is -2.08. The third-order valence-corrected chi connectivity index (χ3v) is 3.78. The minimum atomic E-state index is -0.461. The second-order valence-corrected chi connectivity index (χ2v) is 5.69. The molecule has 27 heavy (non-hydrogen) atoms. The molecule has 0 saturated carbocycles. The van der Waals surface area contributed by atoms with Gasteiger partial charge in [0.05, 0.1) is 7.11 Å². The predicted octanol–water partition coefficient (Wildman–Crippen LogP) is 4.88. The van der Waals surface area contributed by atoms with Crippen LogP contribution in [0.2, 0.25) is 0 Å². The molecule has 4 nitrogen and oxygen atoms in total. The second-order valence-electron chi connectivity index (χ2n) is 5.69. The van der Waals surface area contributed by atoms with Crippen molar-refractivity contribution in [3.63, 3.8) is 0 Å². The van der Waals surface area contributed by atoms with Crippen molar-refractivity contribution in [3.8, 4) is 11.5 Å². The van der Waals surface area contributed by atoms with Crippen LogP contribution >= 0.6 is 0 Å². The van der Waals surface area contributed by atoms with Crippen molar-refractivity contribution in [3.05, 3.63) is 95.8 Å². The van der Waals surface area contributed by atoms with E-state index < -0.39 is 5.97 Å². The Kier molecular flexibility index (Phi) is 6.15. The van der Waals surface area contributed by atoms with Crippen LogP contribution in [-0.4, -0.2) is 18.1 Å². The molecule has 0 bridgehead atoms. The number of benzene rings is 2. The number of nitrogens with zero attached hydrogens (tertiary/aromatic N) is 1. The largest absolute Gasteiger partial charge is 0.493 e. The van der Waals surface area contributed by atoms with Crippen molar-refractivity contribution >= 4 is 24.2 Å². The molecular formula is C23H19NO3. The van der Waals surface area contributed by atoms with Gasteiger partial charge in [0, 0.05) is 18.5 Å². The number of ether oxygens (including phenoxy) is 2. The Morgan fingerprint density at radius 2 is 1.52 bits per heavy atom. The maximum Gasteiger partial charge on any atom is 0.336 e. The molecule has 0 amide bonds. The molecule has 134 valence electrons. The first-order valence-corrected chi connectivity index (χ1v) is 8.46. The monoisotopic (exact) mass is 357 g/mol. The summed E-state index contributed by atoms with van der Waals surface area (Å²) in [6, 6.07) is 18.8. The van der Waals surface area contributed by atoms with E-state index in [0.29, 0.717) is 11.5 Å². The molecule has 0 atom stereocenters. The Labute approximate surface area is 158 Å². The van der Waals surface area contributed by atoms with Crippen molar-refractivity contribution in [1.29, 1.82) is 0 Å². The van der Waals surface area contributed by atoms with Gasteiger partial charge >= 0.3 is 5.97 Å². The fourth-order valence-corrected chi connectivity index (χ4v) is 2.41. The van der Waals surface area contributed by atoms with Crippen LogP contribution in [0.5, 0.6) is 11.5 Å². The van der Waals surface area contributed by atoms with Crippen molar-refractivity contribution in [2.75, 3.05) is 7.11 Å². The highest BCUT2D eigenvalue weighted by Gasteiger charge is 2.08. The molecule has 4 heteroatoms. The highest BCUT2D eigenvalue weighted by Crippen LogP contribution is 2.29. The van der Waals surface area contributed by atoms with Gasteiger partial charge in [-0.1, -0.05) is 48.6 Å². The number of hydrogen-bond donors (Lipinski definition) is 0. The van der Waals surface area contributed by atoms with Gasteiger partial charge in [-0.2, -0.15) is 0 Å². The smallest absolute Gasteiger partial charge is 0.336 e. The van der Waals surface area contributed by atoms with Crippen molar-refractivity contribution in [2.24, 2.45) is 0 Å². The Balaban J connectivity index is 1.70. The Bertz CT molecular complexity index is 948. The van der Waals surface area contributed by atoms with E-state index in [1.165, 1.54) is 6.08 Å². The quantitative estimate of drug-likeness (QED) is 0.358. The molecule has 0 unspecified atom stereocenters. The third-order valence-electron chi connectivity index (χ3n) is 3.78. The lowest BCUT2D eigenvalue weighted by atomic mass is 10.1. The van der Waals surface area contributed by atoms with Crippen LogP contribution in [0.3, 0.4) is 0 Å². The number of pyridine rings is 1. The summed E-state index contributed by atoms with van der Waals surface area (Å²) in [4.78, 5) is 16.1. The van der Waals surface area contributed by atoms with E-state index in [9.17, 15) is 4.79 Å². The number of esters is 1.